The van der Waals surface area contributed by atoms with E-state index in [1.807, 2.05) is 0 Å². The molecular weight excluding hydrogens is 460 g/mol. The molecule has 5 fully saturated rings. The second kappa shape index (κ2) is 11.5. The van der Waals surface area contributed by atoms with Crippen molar-refractivity contribution in [2.45, 2.75) is 116 Å². The molecule has 0 aromatic carbocycles. The molecule has 0 spiro atoms. The maximum absolute atomic E-state index is 11.8. The van der Waals surface area contributed by atoms with E-state index in [4.69, 9.17) is 4.74 Å². The van der Waals surface area contributed by atoms with E-state index in [2.05, 4.69) is 31.0 Å². The van der Waals surface area contributed by atoms with Crippen LogP contribution in [0.1, 0.15) is 104 Å². The van der Waals surface area contributed by atoms with Gasteiger partial charge in [-0.2, -0.15) is 0 Å². The van der Waals surface area contributed by atoms with E-state index in [1.165, 1.54) is 84.5 Å². The van der Waals surface area contributed by atoms with Crippen LogP contribution >= 0.6 is 0 Å². The van der Waals surface area contributed by atoms with E-state index in [0.717, 1.165) is 37.6 Å². The van der Waals surface area contributed by atoms with Gasteiger partial charge in [-0.1, -0.05) is 27.2 Å². The molecule has 0 aromatic rings. The number of hydrogen-bond donors (Lipinski definition) is 2. The van der Waals surface area contributed by atoms with E-state index in [9.17, 15) is 9.90 Å². The third kappa shape index (κ3) is 5.40. The smallest absolute Gasteiger partial charge is 0.305 e. The fourth-order valence-corrected chi connectivity index (χ4v) is 10.7. The molecule has 1 heterocycles. The van der Waals surface area contributed by atoms with Gasteiger partial charge in [0.15, 0.2) is 0 Å². The topological polar surface area (TPSA) is 61.8 Å². The van der Waals surface area contributed by atoms with Crippen LogP contribution in [0.15, 0.2) is 0 Å². The number of carbonyl (C=O) groups excluding carboxylic acids is 1. The Morgan fingerprint density at radius 1 is 1.00 bits per heavy atom. The van der Waals surface area contributed by atoms with Gasteiger partial charge in [-0.3, -0.25) is 4.79 Å². The number of aliphatic hydroxyl groups is 1. The number of nitrogens with one attached hydrogen (secondary N) is 1. The van der Waals surface area contributed by atoms with Gasteiger partial charge >= 0.3 is 5.97 Å². The van der Waals surface area contributed by atoms with E-state index >= 15 is 0 Å². The molecule has 4 aliphatic carbocycles. The summed E-state index contributed by atoms with van der Waals surface area (Å²) in [6.45, 7) is 12.4. The van der Waals surface area contributed by atoms with Crippen molar-refractivity contribution in [1.82, 2.24) is 10.2 Å². The van der Waals surface area contributed by atoms with Crippen LogP contribution in [-0.2, 0) is 9.53 Å². The van der Waals surface area contributed by atoms with Gasteiger partial charge in [0, 0.05) is 25.6 Å². The first kappa shape index (κ1) is 27.9. The van der Waals surface area contributed by atoms with E-state index < -0.39 is 0 Å². The number of piperidine rings is 1. The summed E-state index contributed by atoms with van der Waals surface area (Å²) in [7, 11) is 1.50. The minimum atomic E-state index is -0.143. The monoisotopic (exact) mass is 516 g/mol. The molecule has 2 N–H and O–H groups in total. The van der Waals surface area contributed by atoms with Crippen molar-refractivity contribution >= 4 is 5.97 Å². The molecule has 5 unspecified atom stereocenters. The fourth-order valence-electron chi connectivity index (χ4n) is 10.7. The zero-order valence-corrected chi connectivity index (χ0v) is 24.4. The normalized spacial score (nSPS) is 44.9. The second-order valence-corrected chi connectivity index (χ2v) is 14.4. The number of fused-ring (bicyclic) bond motifs is 5. The molecular formula is C32H56N2O3. The lowest BCUT2D eigenvalue weighted by Crippen LogP contribution is -2.59. The maximum atomic E-state index is 11.8. The number of hydrogen-bond acceptors (Lipinski definition) is 5. The number of aliphatic hydroxyl groups excluding tert-OH is 1. The van der Waals surface area contributed by atoms with Gasteiger partial charge in [0.1, 0.15) is 0 Å². The molecule has 0 radical (unpaired) electrons. The highest BCUT2D eigenvalue weighted by molar-refractivity contribution is 5.69. The van der Waals surface area contributed by atoms with Crippen molar-refractivity contribution in [3.05, 3.63) is 0 Å². The Labute approximate surface area is 226 Å². The van der Waals surface area contributed by atoms with Crippen LogP contribution in [0.5, 0.6) is 0 Å². The third-order valence-corrected chi connectivity index (χ3v) is 12.8. The summed E-state index contributed by atoms with van der Waals surface area (Å²) in [6, 6.07) is 0.578. The minimum absolute atomic E-state index is 0.0683. The summed E-state index contributed by atoms with van der Waals surface area (Å²) in [6.07, 6.45) is 15.5. The number of ether oxygens (including phenoxy) is 1. The summed E-state index contributed by atoms with van der Waals surface area (Å²) in [5.41, 5.74) is 0.663. The first-order valence-electron chi connectivity index (χ1n) is 16.0. The Morgan fingerprint density at radius 2 is 1.73 bits per heavy atom. The molecule has 5 aliphatic rings. The Bertz CT molecular complexity index is 784. The molecule has 0 bridgehead atoms. The quantitative estimate of drug-likeness (QED) is 0.408. The average Bonchev–Trinajstić information content (AvgIpc) is 3.26. The van der Waals surface area contributed by atoms with Crippen LogP contribution in [0.2, 0.25) is 0 Å². The Morgan fingerprint density at radius 3 is 2.49 bits per heavy atom. The van der Waals surface area contributed by atoms with Gasteiger partial charge in [0.2, 0.25) is 0 Å². The summed E-state index contributed by atoms with van der Waals surface area (Å²) in [5, 5.41) is 15.5. The Kier molecular flexibility index (Phi) is 8.64. The Hall–Kier alpha value is -0.650. The van der Waals surface area contributed by atoms with Crippen molar-refractivity contribution in [3.63, 3.8) is 0 Å². The van der Waals surface area contributed by atoms with E-state index in [-0.39, 0.29) is 12.1 Å². The van der Waals surface area contributed by atoms with Crippen LogP contribution in [0.3, 0.4) is 0 Å². The minimum Gasteiger partial charge on any atom is -0.469 e. The number of methoxy groups -OCH3 is 1. The van der Waals surface area contributed by atoms with Crippen molar-refractivity contribution in [3.8, 4) is 0 Å². The van der Waals surface area contributed by atoms with Crippen molar-refractivity contribution < 1.29 is 14.6 Å². The van der Waals surface area contributed by atoms with Crippen molar-refractivity contribution in [2.24, 2.45) is 46.3 Å². The number of rotatable bonds is 8. The molecule has 1 saturated heterocycles. The second-order valence-electron chi connectivity index (χ2n) is 14.4. The third-order valence-electron chi connectivity index (χ3n) is 12.8. The van der Waals surface area contributed by atoms with Crippen LogP contribution in [0.4, 0.5) is 0 Å². The molecule has 5 rings (SSSR count). The Balaban J connectivity index is 1.20. The first-order valence-corrected chi connectivity index (χ1v) is 16.0. The van der Waals surface area contributed by atoms with Crippen molar-refractivity contribution in [2.75, 3.05) is 33.3 Å². The highest BCUT2D eigenvalue weighted by Crippen LogP contribution is 2.68. The van der Waals surface area contributed by atoms with Gasteiger partial charge < -0.3 is 20.1 Å². The molecule has 10 atom stereocenters. The van der Waals surface area contributed by atoms with Crippen LogP contribution < -0.4 is 5.32 Å². The standard InChI is InChI=1S/C32H56N2O3/c1-22(8-11-30(36)37-4)25-9-10-26-24-21-29(35)28-20-23(33-16-19-34-17-6-5-7-18-34)12-14-32(28,3)27(24)13-15-31(25,26)2/h22-29,33,35H,5-21H2,1-4H3/t22?,23-,24?,25-,26?,27?,28-,29?,31-,32-/m1/s1. The summed E-state index contributed by atoms with van der Waals surface area (Å²) < 4.78 is 4.92. The lowest BCUT2D eigenvalue weighted by Gasteiger charge is -2.62. The van der Waals surface area contributed by atoms with Gasteiger partial charge in [0.05, 0.1) is 13.2 Å². The molecule has 37 heavy (non-hydrogen) atoms. The molecule has 4 saturated carbocycles. The summed E-state index contributed by atoms with van der Waals surface area (Å²) >= 11 is 0. The SMILES string of the molecule is COC(=O)CCC(C)[C@H]1CCC2C3CC(O)[C@H]4C[C@H](NCCN5CCCCC5)CC[C@]4(C)C3CC[C@@]21C. The molecule has 5 nitrogen and oxygen atoms in total. The lowest BCUT2D eigenvalue weighted by molar-refractivity contribution is -0.162. The summed E-state index contributed by atoms with van der Waals surface area (Å²) in [4.78, 5) is 14.4. The van der Waals surface area contributed by atoms with Gasteiger partial charge in [-0.25, -0.2) is 0 Å². The zero-order chi connectivity index (χ0) is 26.2. The highest BCUT2D eigenvalue weighted by atomic mass is 16.5. The van der Waals surface area contributed by atoms with E-state index in [1.54, 1.807) is 0 Å². The fraction of sp³-hybridized carbons (Fsp3) is 0.969. The summed E-state index contributed by atoms with van der Waals surface area (Å²) in [5.74, 6) is 3.84. The highest BCUT2D eigenvalue weighted by Gasteiger charge is 2.62. The molecule has 212 valence electrons. The van der Waals surface area contributed by atoms with Gasteiger partial charge in [0.25, 0.3) is 0 Å². The van der Waals surface area contributed by atoms with E-state index in [0.29, 0.717) is 47.0 Å². The average molecular weight is 517 g/mol. The molecule has 0 amide bonds. The largest absolute Gasteiger partial charge is 0.469 e. The number of likely N-dealkylation sites (tertiary alicyclic amines) is 1. The molecule has 5 heteroatoms. The van der Waals surface area contributed by atoms with Gasteiger partial charge in [-0.05, 0) is 130 Å². The number of carbonyl (C=O) groups is 1. The predicted octanol–water partition coefficient (Wildman–Crippen LogP) is 5.65. The van der Waals surface area contributed by atoms with Gasteiger partial charge in [-0.15, -0.1) is 0 Å². The van der Waals surface area contributed by atoms with Crippen LogP contribution in [-0.4, -0.2) is 61.4 Å². The van der Waals surface area contributed by atoms with Crippen LogP contribution in [0, 0.1) is 46.3 Å². The molecule has 1 aliphatic heterocycles. The number of esters is 1. The predicted molar refractivity (Wildman–Crippen MR) is 149 cm³/mol. The molecule has 0 aromatic heterocycles. The van der Waals surface area contributed by atoms with Crippen LogP contribution in [0.25, 0.3) is 0 Å². The lowest BCUT2D eigenvalue weighted by atomic mass is 9.43. The van der Waals surface area contributed by atoms with Crippen molar-refractivity contribution in [1.29, 1.82) is 0 Å². The zero-order valence-electron chi connectivity index (χ0n) is 24.4. The first-order chi connectivity index (χ1) is 17.8. The maximum Gasteiger partial charge on any atom is 0.305 e. The number of nitrogens with zero attached hydrogens (tertiary/aromatic N) is 1.